The predicted molar refractivity (Wildman–Crippen MR) is 132 cm³/mol. The van der Waals surface area contributed by atoms with Crippen LogP contribution in [0.2, 0.25) is 0 Å². The van der Waals surface area contributed by atoms with Crippen molar-refractivity contribution in [2.24, 2.45) is 0 Å². The van der Waals surface area contributed by atoms with Gasteiger partial charge in [0, 0.05) is 18.2 Å². The van der Waals surface area contributed by atoms with Crippen LogP contribution >= 0.6 is 11.3 Å². The highest BCUT2D eigenvalue weighted by atomic mass is 32.1. The number of nitrogens with zero attached hydrogens (tertiary/aromatic N) is 3. The van der Waals surface area contributed by atoms with E-state index in [1.54, 1.807) is 11.3 Å². The number of hydrogen-bond donors (Lipinski definition) is 3. The zero-order chi connectivity index (χ0) is 22.9. The molecule has 8 nitrogen and oxygen atoms in total. The van der Waals surface area contributed by atoms with Gasteiger partial charge < -0.3 is 20.5 Å². The van der Waals surface area contributed by atoms with Crippen LogP contribution in [-0.2, 0) is 4.79 Å². The Morgan fingerprint density at radius 3 is 2.64 bits per heavy atom. The monoisotopic (exact) mass is 469 g/mol. The number of benzene rings is 1. The second kappa shape index (κ2) is 11.8. The third-order valence-corrected chi connectivity index (χ3v) is 6.63. The molecule has 0 radical (unpaired) electrons. The topological polar surface area (TPSA) is 109 Å². The highest BCUT2D eigenvalue weighted by Gasteiger charge is 2.17. The molecule has 2 aromatic heterocycles. The molecule has 1 saturated carbocycles. The number of fused-ring (bicyclic) bond motifs is 1. The van der Waals surface area contributed by atoms with Gasteiger partial charge in [-0.1, -0.05) is 32.1 Å². The normalized spacial score (nSPS) is 14.3. The lowest BCUT2D eigenvalue weighted by Crippen LogP contribution is -2.23. The molecule has 176 valence electrons. The smallest absolute Gasteiger partial charge is 0.303 e. The molecular weight excluding hydrogens is 438 g/mol. The molecule has 0 spiro atoms. The maximum atomic E-state index is 10.5. The first-order valence-corrected chi connectivity index (χ1v) is 12.6. The molecule has 0 amide bonds. The molecule has 9 heteroatoms. The van der Waals surface area contributed by atoms with Gasteiger partial charge in [0.15, 0.2) is 11.5 Å². The highest BCUT2D eigenvalue weighted by molar-refractivity contribution is 7.17. The van der Waals surface area contributed by atoms with E-state index in [9.17, 15) is 4.79 Å². The van der Waals surface area contributed by atoms with Gasteiger partial charge in [-0.2, -0.15) is 9.97 Å². The largest absolute Gasteiger partial charge is 0.494 e. The first-order valence-electron chi connectivity index (χ1n) is 11.8. The zero-order valence-corrected chi connectivity index (χ0v) is 19.6. The van der Waals surface area contributed by atoms with Crippen molar-refractivity contribution in [2.45, 2.75) is 70.3 Å². The van der Waals surface area contributed by atoms with Crippen LogP contribution in [0.15, 0.2) is 29.8 Å². The third-order valence-electron chi connectivity index (χ3n) is 5.80. The summed E-state index contributed by atoms with van der Waals surface area (Å²) in [6.45, 7) is 0.625. The van der Waals surface area contributed by atoms with E-state index in [4.69, 9.17) is 14.8 Å². The standard InChI is InChI=1S/C24H31N5O3S/c30-20(31)10-6-1-2-7-15-32-19-13-11-18(12-14-19)27-24-28-22-21(33-16-25-22)23(29-24)26-17-8-4-3-5-9-17/h11-14,16-17H,1-10,15H2,(H,30,31)(H2,26,27,28,29). The van der Waals surface area contributed by atoms with E-state index in [1.807, 2.05) is 29.8 Å². The molecule has 3 N–H and O–H groups in total. The van der Waals surface area contributed by atoms with Crippen LogP contribution in [0.5, 0.6) is 5.75 Å². The van der Waals surface area contributed by atoms with E-state index in [-0.39, 0.29) is 6.42 Å². The molecule has 0 aliphatic heterocycles. The van der Waals surface area contributed by atoms with Crippen LogP contribution in [0.25, 0.3) is 10.3 Å². The van der Waals surface area contributed by atoms with Crippen molar-refractivity contribution >= 4 is 45.1 Å². The van der Waals surface area contributed by atoms with Crippen molar-refractivity contribution in [2.75, 3.05) is 17.2 Å². The number of nitrogens with one attached hydrogen (secondary N) is 2. The second-order valence-corrected chi connectivity index (χ2v) is 9.29. The molecule has 1 aliphatic rings. The summed E-state index contributed by atoms with van der Waals surface area (Å²) in [5, 5.41) is 15.6. The summed E-state index contributed by atoms with van der Waals surface area (Å²) < 4.78 is 6.79. The fraction of sp³-hybridized carbons (Fsp3) is 0.500. The maximum absolute atomic E-state index is 10.5. The number of hydrogen-bond acceptors (Lipinski definition) is 8. The molecule has 3 aromatic rings. The van der Waals surface area contributed by atoms with Gasteiger partial charge in [0.25, 0.3) is 0 Å². The molecule has 0 bridgehead atoms. The van der Waals surface area contributed by atoms with E-state index in [0.717, 1.165) is 47.6 Å². The van der Waals surface area contributed by atoms with Crippen molar-refractivity contribution in [3.63, 3.8) is 0 Å². The number of carboxylic acids is 1. The van der Waals surface area contributed by atoms with Gasteiger partial charge in [-0.3, -0.25) is 4.79 Å². The number of ether oxygens (including phenoxy) is 1. The lowest BCUT2D eigenvalue weighted by Gasteiger charge is -2.23. The molecular formula is C24H31N5O3S. The summed E-state index contributed by atoms with van der Waals surface area (Å²) in [5.41, 5.74) is 3.40. The number of rotatable bonds is 12. The Hall–Kier alpha value is -2.94. The number of carbonyl (C=O) groups is 1. The van der Waals surface area contributed by atoms with E-state index in [2.05, 4.69) is 20.6 Å². The average Bonchev–Trinajstić information content (AvgIpc) is 3.29. The molecule has 33 heavy (non-hydrogen) atoms. The van der Waals surface area contributed by atoms with Crippen molar-refractivity contribution < 1.29 is 14.6 Å². The van der Waals surface area contributed by atoms with E-state index in [0.29, 0.717) is 24.2 Å². The molecule has 0 atom stereocenters. The number of thiazole rings is 1. The van der Waals surface area contributed by atoms with Crippen LogP contribution in [0.4, 0.5) is 17.5 Å². The average molecular weight is 470 g/mol. The van der Waals surface area contributed by atoms with Gasteiger partial charge in [-0.15, -0.1) is 11.3 Å². The first kappa shape index (κ1) is 23.2. The second-order valence-electron chi connectivity index (χ2n) is 8.44. The van der Waals surface area contributed by atoms with E-state index in [1.165, 1.54) is 32.1 Å². The van der Waals surface area contributed by atoms with E-state index < -0.39 is 5.97 Å². The van der Waals surface area contributed by atoms with Gasteiger partial charge in [-0.05, 0) is 49.9 Å². The molecule has 0 saturated heterocycles. The summed E-state index contributed by atoms with van der Waals surface area (Å²) in [6, 6.07) is 8.21. The summed E-state index contributed by atoms with van der Waals surface area (Å²) in [5.74, 6) is 1.47. The summed E-state index contributed by atoms with van der Waals surface area (Å²) >= 11 is 1.57. The Balaban J connectivity index is 1.30. The van der Waals surface area contributed by atoms with Crippen molar-refractivity contribution in [3.8, 4) is 5.75 Å². The van der Waals surface area contributed by atoms with Crippen LogP contribution in [0.3, 0.4) is 0 Å². The maximum Gasteiger partial charge on any atom is 0.303 e. The zero-order valence-electron chi connectivity index (χ0n) is 18.8. The van der Waals surface area contributed by atoms with Gasteiger partial charge in [-0.25, -0.2) is 4.98 Å². The minimum atomic E-state index is -0.728. The SMILES string of the molecule is O=C(O)CCCCCCOc1ccc(Nc2nc(NC3CCCCC3)c3scnc3n2)cc1. The Morgan fingerprint density at radius 1 is 1.06 bits per heavy atom. The number of carboxylic acid groups (broad SMARTS) is 1. The lowest BCUT2D eigenvalue weighted by molar-refractivity contribution is -0.137. The quantitative estimate of drug-likeness (QED) is 0.278. The minimum absolute atomic E-state index is 0.243. The van der Waals surface area contributed by atoms with Crippen LogP contribution in [-0.4, -0.2) is 38.7 Å². The number of aromatic nitrogens is 3. The lowest BCUT2D eigenvalue weighted by atomic mass is 9.95. The predicted octanol–water partition coefficient (Wildman–Crippen LogP) is 5.99. The van der Waals surface area contributed by atoms with Crippen molar-refractivity contribution in [1.29, 1.82) is 0 Å². The fourth-order valence-electron chi connectivity index (χ4n) is 4.04. The fourth-order valence-corrected chi connectivity index (χ4v) is 4.72. The van der Waals surface area contributed by atoms with Crippen LogP contribution in [0.1, 0.15) is 64.2 Å². The number of anilines is 3. The number of unbranched alkanes of at least 4 members (excludes halogenated alkanes) is 3. The Kier molecular flexibility index (Phi) is 8.30. The van der Waals surface area contributed by atoms with Crippen LogP contribution in [0, 0.1) is 0 Å². The molecule has 1 aliphatic carbocycles. The summed E-state index contributed by atoms with van der Waals surface area (Å²) in [4.78, 5) is 24.2. The Bertz CT molecular complexity index is 1030. The summed E-state index contributed by atoms with van der Waals surface area (Å²) in [6.07, 6.45) is 9.97. The van der Waals surface area contributed by atoms with Crippen molar-refractivity contribution in [1.82, 2.24) is 15.0 Å². The van der Waals surface area contributed by atoms with Gasteiger partial charge in [0.2, 0.25) is 5.95 Å². The van der Waals surface area contributed by atoms with Gasteiger partial charge >= 0.3 is 5.97 Å². The molecule has 4 rings (SSSR count). The molecule has 2 heterocycles. The molecule has 1 aromatic carbocycles. The third kappa shape index (κ3) is 7.02. The molecule has 1 fully saturated rings. The summed E-state index contributed by atoms with van der Waals surface area (Å²) in [7, 11) is 0. The van der Waals surface area contributed by atoms with E-state index >= 15 is 0 Å². The molecule has 0 unspecified atom stereocenters. The Labute approximate surface area is 197 Å². The van der Waals surface area contributed by atoms with Gasteiger partial charge in [0.1, 0.15) is 10.4 Å². The Morgan fingerprint density at radius 2 is 1.85 bits per heavy atom. The van der Waals surface area contributed by atoms with Crippen molar-refractivity contribution in [3.05, 3.63) is 29.8 Å². The first-order chi connectivity index (χ1) is 16.2. The van der Waals surface area contributed by atoms with Gasteiger partial charge in [0.05, 0.1) is 12.1 Å². The minimum Gasteiger partial charge on any atom is -0.494 e. The van der Waals surface area contributed by atoms with Crippen LogP contribution < -0.4 is 15.4 Å². The highest BCUT2D eigenvalue weighted by Crippen LogP contribution is 2.29. The number of aliphatic carboxylic acids is 1.